The van der Waals surface area contributed by atoms with Gasteiger partial charge in [-0.25, -0.2) is 4.79 Å². The van der Waals surface area contributed by atoms with Gasteiger partial charge < -0.3 is 15.0 Å². The predicted octanol–water partition coefficient (Wildman–Crippen LogP) is 2.52. The fourth-order valence-electron chi connectivity index (χ4n) is 2.80. The van der Waals surface area contributed by atoms with E-state index in [0.717, 1.165) is 12.0 Å². The zero-order valence-electron chi connectivity index (χ0n) is 14.9. The Morgan fingerprint density at radius 2 is 2.04 bits per heavy atom. The zero-order valence-corrected chi connectivity index (χ0v) is 14.9. The molecular formula is C19H26N2O4. The summed E-state index contributed by atoms with van der Waals surface area (Å²) in [5.41, 5.74) is 0.881. The lowest BCUT2D eigenvalue weighted by Crippen LogP contribution is -2.52. The maximum Gasteiger partial charge on any atom is 0.408 e. The Hall–Kier alpha value is -2.37. The maximum absolute atomic E-state index is 12.7. The van der Waals surface area contributed by atoms with Gasteiger partial charge in [0.1, 0.15) is 12.6 Å². The normalized spacial score (nSPS) is 18.6. The van der Waals surface area contributed by atoms with E-state index in [9.17, 15) is 14.4 Å². The van der Waals surface area contributed by atoms with Gasteiger partial charge in [0.2, 0.25) is 5.91 Å². The highest BCUT2D eigenvalue weighted by Crippen LogP contribution is 2.15. The molecule has 1 aliphatic rings. The third-order valence-corrected chi connectivity index (χ3v) is 4.42. The summed E-state index contributed by atoms with van der Waals surface area (Å²) in [5, 5.41) is 2.65. The smallest absolute Gasteiger partial charge is 0.408 e. The molecule has 2 atom stereocenters. The number of alkyl carbamates (subject to hydrolysis) is 1. The first-order chi connectivity index (χ1) is 12.0. The van der Waals surface area contributed by atoms with Crippen LogP contribution in [0.15, 0.2) is 30.3 Å². The van der Waals surface area contributed by atoms with Crippen LogP contribution >= 0.6 is 0 Å². The van der Waals surface area contributed by atoms with E-state index in [1.807, 2.05) is 44.2 Å². The molecule has 6 heteroatoms. The third-order valence-electron chi connectivity index (χ3n) is 4.42. The molecule has 0 spiro atoms. The van der Waals surface area contributed by atoms with Gasteiger partial charge in [0.25, 0.3) is 0 Å². The molecule has 0 radical (unpaired) electrons. The number of ketones is 1. The topological polar surface area (TPSA) is 75.7 Å². The Bertz CT molecular complexity index is 603. The number of carbonyl (C=O) groups is 3. The second-order valence-electron chi connectivity index (χ2n) is 6.46. The highest BCUT2D eigenvalue weighted by Gasteiger charge is 2.31. The van der Waals surface area contributed by atoms with Crippen LogP contribution in [0.3, 0.4) is 0 Å². The minimum atomic E-state index is -0.658. The van der Waals surface area contributed by atoms with Crippen molar-refractivity contribution in [3.05, 3.63) is 35.9 Å². The van der Waals surface area contributed by atoms with Gasteiger partial charge in [-0.1, -0.05) is 50.6 Å². The highest BCUT2D eigenvalue weighted by molar-refractivity contribution is 5.91. The lowest BCUT2D eigenvalue weighted by Gasteiger charge is -2.32. The summed E-state index contributed by atoms with van der Waals surface area (Å²) in [4.78, 5) is 38.1. The van der Waals surface area contributed by atoms with Crippen LogP contribution in [0.1, 0.15) is 38.7 Å². The van der Waals surface area contributed by atoms with Crippen molar-refractivity contribution in [3.8, 4) is 0 Å². The molecule has 136 valence electrons. The number of ether oxygens (including phenoxy) is 1. The molecule has 6 nitrogen and oxygen atoms in total. The lowest BCUT2D eigenvalue weighted by molar-refractivity contribution is -0.141. The molecule has 25 heavy (non-hydrogen) atoms. The fraction of sp³-hybridized carbons (Fsp3) is 0.526. The number of piperidine rings is 1. The van der Waals surface area contributed by atoms with E-state index in [1.54, 1.807) is 4.90 Å². The van der Waals surface area contributed by atoms with Crippen molar-refractivity contribution >= 4 is 17.8 Å². The summed E-state index contributed by atoms with van der Waals surface area (Å²) in [6.07, 6.45) is 1.31. The summed E-state index contributed by atoms with van der Waals surface area (Å²) >= 11 is 0. The third kappa shape index (κ3) is 5.59. The maximum atomic E-state index is 12.7. The van der Waals surface area contributed by atoms with E-state index >= 15 is 0 Å². The number of Topliss-reactive ketones (excluding diaryl/α,β-unsaturated/α-hetero) is 1. The molecular weight excluding hydrogens is 320 g/mol. The van der Waals surface area contributed by atoms with Crippen LogP contribution in [-0.2, 0) is 20.9 Å². The lowest BCUT2D eigenvalue weighted by atomic mass is 9.97. The van der Waals surface area contributed by atoms with Crippen molar-refractivity contribution < 1.29 is 19.1 Å². The molecule has 1 fully saturated rings. The second-order valence-corrected chi connectivity index (χ2v) is 6.46. The summed E-state index contributed by atoms with van der Waals surface area (Å²) in [7, 11) is 0. The number of nitrogens with one attached hydrogen (secondary N) is 1. The minimum Gasteiger partial charge on any atom is -0.445 e. The second kappa shape index (κ2) is 9.20. The number of rotatable bonds is 6. The van der Waals surface area contributed by atoms with Gasteiger partial charge in [-0.2, -0.15) is 0 Å². The van der Waals surface area contributed by atoms with Crippen molar-refractivity contribution in [3.63, 3.8) is 0 Å². The molecule has 1 aromatic carbocycles. The molecule has 0 aliphatic carbocycles. The highest BCUT2D eigenvalue weighted by atomic mass is 16.5. The largest absolute Gasteiger partial charge is 0.445 e. The molecule has 2 rings (SSSR count). The molecule has 1 saturated heterocycles. The first-order valence-corrected chi connectivity index (χ1v) is 8.80. The first kappa shape index (κ1) is 19.0. The SMILES string of the molecule is CCC[C@H](NC(=O)OCc1ccccc1)C(=O)N1CCC(C)C(=O)C1. The first-order valence-electron chi connectivity index (χ1n) is 8.80. The van der Waals surface area contributed by atoms with Gasteiger partial charge in [-0.3, -0.25) is 9.59 Å². The molecule has 0 aromatic heterocycles. The molecule has 2 amide bonds. The molecule has 1 unspecified atom stereocenters. The monoisotopic (exact) mass is 346 g/mol. The van der Waals surface area contributed by atoms with E-state index < -0.39 is 12.1 Å². The van der Waals surface area contributed by atoms with E-state index in [-0.39, 0.29) is 30.8 Å². The van der Waals surface area contributed by atoms with Crippen molar-refractivity contribution in [1.82, 2.24) is 10.2 Å². The summed E-state index contributed by atoms with van der Waals surface area (Å²) < 4.78 is 5.19. The van der Waals surface area contributed by atoms with E-state index in [4.69, 9.17) is 4.74 Å². The number of likely N-dealkylation sites (tertiary alicyclic amines) is 1. The number of nitrogens with zero attached hydrogens (tertiary/aromatic N) is 1. The molecule has 1 aliphatic heterocycles. The Morgan fingerprint density at radius 3 is 2.68 bits per heavy atom. The summed E-state index contributed by atoms with van der Waals surface area (Å²) in [6.45, 7) is 4.65. The van der Waals surface area contributed by atoms with Crippen LogP contribution in [0.25, 0.3) is 0 Å². The molecule has 1 heterocycles. The van der Waals surface area contributed by atoms with E-state index in [2.05, 4.69) is 5.32 Å². The van der Waals surface area contributed by atoms with Crippen molar-refractivity contribution in [2.75, 3.05) is 13.1 Å². The van der Waals surface area contributed by atoms with E-state index in [0.29, 0.717) is 19.4 Å². The van der Waals surface area contributed by atoms with Crippen LogP contribution in [0.2, 0.25) is 0 Å². The van der Waals surface area contributed by atoms with E-state index in [1.165, 1.54) is 0 Å². The van der Waals surface area contributed by atoms with Crippen molar-refractivity contribution in [1.29, 1.82) is 0 Å². The van der Waals surface area contributed by atoms with Crippen LogP contribution in [-0.4, -0.2) is 41.8 Å². The summed E-state index contributed by atoms with van der Waals surface area (Å²) in [6, 6.07) is 8.70. The Morgan fingerprint density at radius 1 is 1.32 bits per heavy atom. The van der Waals surface area contributed by atoms with Crippen LogP contribution in [0.4, 0.5) is 4.79 Å². The van der Waals surface area contributed by atoms with Crippen LogP contribution in [0.5, 0.6) is 0 Å². The van der Waals surface area contributed by atoms with Gasteiger partial charge in [0, 0.05) is 12.5 Å². The van der Waals surface area contributed by atoms with Crippen LogP contribution < -0.4 is 5.32 Å². The van der Waals surface area contributed by atoms with Gasteiger partial charge in [0.15, 0.2) is 5.78 Å². The van der Waals surface area contributed by atoms with Crippen molar-refractivity contribution in [2.24, 2.45) is 5.92 Å². The zero-order chi connectivity index (χ0) is 18.2. The quantitative estimate of drug-likeness (QED) is 0.859. The molecule has 1 aromatic rings. The molecule has 0 saturated carbocycles. The number of hydrogen-bond acceptors (Lipinski definition) is 4. The van der Waals surface area contributed by atoms with Gasteiger partial charge in [0.05, 0.1) is 6.54 Å². The van der Waals surface area contributed by atoms with Gasteiger partial charge in [-0.15, -0.1) is 0 Å². The Balaban J connectivity index is 1.89. The Kier molecular flexibility index (Phi) is 6.98. The average Bonchev–Trinajstić information content (AvgIpc) is 2.62. The number of amides is 2. The average molecular weight is 346 g/mol. The Labute approximate surface area is 148 Å². The number of carbonyl (C=O) groups excluding carboxylic acids is 3. The minimum absolute atomic E-state index is 0.00234. The summed E-state index contributed by atoms with van der Waals surface area (Å²) in [5.74, 6) is -0.141. The van der Waals surface area contributed by atoms with Gasteiger partial charge in [-0.05, 0) is 18.4 Å². The number of benzene rings is 1. The standard InChI is InChI=1S/C19H26N2O4/c1-3-7-16(18(23)21-11-10-14(2)17(22)12-21)20-19(24)25-13-15-8-5-4-6-9-15/h4-6,8-9,14,16H,3,7,10-13H2,1-2H3,(H,20,24)/t14?,16-/m0/s1. The van der Waals surface area contributed by atoms with Gasteiger partial charge >= 0.3 is 6.09 Å². The molecule has 0 bridgehead atoms. The molecule has 1 N–H and O–H groups in total. The van der Waals surface area contributed by atoms with Crippen molar-refractivity contribution in [2.45, 2.75) is 45.8 Å². The van der Waals surface area contributed by atoms with Crippen LogP contribution in [0, 0.1) is 5.92 Å². The number of hydrogen-bond donors (Lipinski definition) is 1. The fourth-order valence-corrected chi connectivity index (χ4v) is 2.80. The predicted molar refractivity (Wildman–Crippen MR) is 93.8 cm³/mol.